The second-order valence-corrected chi connectivity index (χ2v) is 7.88. The van der Waals surface area contributed by atoms with E-state index >= 15 is 0 Å². The number of benzene rings is 1. The van der Waals surface area contributed by atoms with Gasteiger partial charge in [-0.25, -0.2) is 8.78 Å². The summed E-state index contributed by atoms with van der Waals surface area (Å²) in [4.78, 5) is 12.7. The summed E-state index contributed by atoms with van der Waals surface area (Å²) in [7, 11) is 0. The molecule has 2 rings (SSSR count). The van der Waals surface area contributed by atoms with Crippen LogP contribution < -0.4 is 11.1 Å². The molecule has 1 aromatic carbocycles. The highest BCUT2D eigenvalue weighted by Crippen LogP contribution is 2.46. The maximum absolute atomic E-state index is 13.9. The number of halogens is 6. The van der Waals surface area contributed by atoms with Crippen LogP contribution in [0, 0.1) is 11.3 Å². The van der Waals surface area contributed by atoms with Gasteiger partial charge in [0.1, 0.15) is 17.0 Å². The second kappa shape index (κ2) is 7.02. The highest BCUT2D eigenvalue weighted by atomic mass is 79.9. The van der Waals surface area contributed by atoms with Gasteiger partial charge < -0.3 is 11.1 Å². The monoisotopic (exact) mass is 453 g/mol. The van der Waals surface area contributed by atoms with Crippen LogP contribution in [0.15, 0.2) is 28.7 Å². The van der Waals surface area contributed by atoms with Crippen molar-refractivity contribution in [3.8, 4) is 6.07 Å². The van der Waals surface area contributed by atoms with Crippen LogP contribution >= 0.6 is 15.9 Å². The molecule has 1 aliphatic carbocycles. The Hall–Kier alpha value is -1.73. The average molecular weight is 454 g/mol. The third-order valence-corrected chi connectivity index (χ3v) is 4.92. The highest BCUT2D eigenvalue weighted by Gasteiger charge is 2.60. The molecule has 4 nitrogen and oxygen atoms in total. The van der Waals surface area contributed by atoms with Crippen molar-refractivity contribution in [2.24, 2.45) is 5.73 Å². The van der Waals surface area contributed by atoms with E-state index in [2.05, 4.69) is 21.2 Å². The Morgan fingerprint density at radius 2 is 1.81 bits per heavy atom. The molecule has 148 valence electrons. The molecule has 1 aliphatic rings. The SMILES string of the molecule is CC(F)(F)C[C@](N)(C(=O)NC1(C#N)CC1)[C@H](c1ccc(Br)cc1)C(F)(F)F. The van der Waals surface area contributed by atoms with E-state index < -0.39 is 47.0 Å². The summed E-state index contributed by atoms with van der Waals surface area (Å²) in [5.74, 6) is -7.75. The Morgan fingerprint density at radius 1 is 1.30 bits per heavy atom. The van der Waals surface area contributed by atoms with Crippen molar-refractivity contribution < 1.29 is 26.7 Å². The third-order valence-electron chi connectivity index (χ3n) is 4.39. The van der Waals surface area contributed by atoms with E-state index in [4.69, 9.17) is 11.0 Å². The van der Waals surface area contributed by atoms with Crippen LogP contribution in [-0.4, -0.2) is 29.1 Å². The number of hydrogen-bond donors (Lipinski definition) is 2. The molecule has 0 aliphatic heterocycles. The molecule has 0 unspecified atom stereocenters. The van der Waals surface area contributed by atoms with E-state index in [1.807, 2.05) is 0 Å². The number of nitriles is 1. The van der Waals surface area contributed by atoms with Gasteiger partial charge in [-0.1, -0.05) is 28.1 Å². The number of carbonyl (C=O) groups excluding carboxylic acids is 1. The van der Waals surface area contributed by atoms with E-state index in [1.165, 1.54) is 12.1 Å². The minimum absolute atomic E-state index is 0.225. The van der Waals surface area contributed by atoms with Crippen molar-refractivity contribution in [2.75, 3.05) is 0 Å². The Morgan fingerprint density at radius 3 is 2.19 bits per heavy atom. The molecule has 1 fully saturated rings. The van der Waals surface area contributed by atoms with Crippen LogP contribution in [0.1, 0.15) is 37.7 Å². The predicted molar refractivity (Wildman–Crippen MR) is 90.8 cm³/mol. The molecule has 0 bridgehead atoms. The normalized spacial score (nSPS) is 19.5. The minimum Gasteiger partial charge on any atom is -0.336 e. The van der Waals surface area contributed by atoms with Gasteiger partial charge in [0.25, 0.3) is 0 Å². The van der Waals surface area contributed by atoms with Crippen molar-refractivity contribution in [3.63, 3.8) is 0 Å². The maximum atomic E-state index is 13.9. The maximum Gasteiger partial charge on any atom is 0.398 e. The lowest BCUT2D eigenvalue weighted by Crippen LogP contribution is -2.64. The van der Waals surface area contributed by atoms with Crippen LogP contribution in [0.4, 0.5) is 22.0 Å². The minimum atomic E-state index is -5.07. The molecule has 1 saturated carbocycles. The number of hydrogen-bond acceptors (Lipinski definition) is 3. The van der Waals surface area contributed by atoms with Crippen molar-refractivity contribution in [1.82, 2.24) is 5.32 Å². The third kappa shape index (κ3) is 4.96. The largest absolute Gasteiger partial charge is 0.398 e. The van der Waals surface area contributed by atoms with Gasteiger partial charge in [0.15, 0.2) is 0 Å². The first-order chi connectivity index (χ1) is 12.2. The molecule has 2 atom stereocenters. The first kappa shape index (κ1) is 21.6. The van der Waals surface area contributed by atoms with E-state index in [9.17, 15) is 26.7 Å². The zero-order chi connectivity index (χ0) is 20.7. The van der Waals surface area contributed by atoms with Crippen molar-refractivity contribution >= 4 is 21.8 Å². The summed E-state index contributed by atoms with van der Waals surface area (Å²) in [5, 5.41) is 11.2. The molecular formula is C17H17BrF5N3O. The van der Waals surface area contributed by atoms with Crippen molar-refractivity contribution in [3.05, 3.63) is 34.3 Å². The summed E-state index contributed by atoms with van der Waals surface area (Å²) < 4.78 is 69.6. The number of alkyl halides is 5. The molecule has 0 aromatic heterocycles. The number of nitrogens with zero attached hydrogens (tertiary/aromatic N) is 1. The van der Waals surface area contributed by atoms with Crippen LogP contribution in [0.25, 0.3) is 0 Å². The van der Waals surface area contributed by atoms with E-state index in [0.29, 0.717) is 11.4 Å². The summed E-state index contributed by atoms with van der Waals surface area (Å²) in [6.45, 7) is 0.397. The van der Waals surface area contributed by atoms with E-state index in [1.54, 1.807) is 6.07 Å². The number of nitrogens with two attached hydrogens (primary N) is 1. The van der Waals surface area contributed by atoms with Gasteiger partial charge in [-0.05, 0) is 37.5 Å². The molecule has 1 aromatic rings. The zero-order valence-electron chi connectivity index (χ0n) is 14.2. The van der Waals surface area contributed by atoms with Gasteiger partial charge in [-0.2, -0.15) is 18.4 Å². The summed E-state index contributed by atoms with van der Waals surface area (Å²) in [6, 6.07) is 6.52. The molecular weight excluding hydrogens is 437 g/mol. The van der Waals surface area contributed by atoms with Crippen LogP contribution in [-0.2, 0) is 4.79 Å². The summed E-state index contributed by atoms with van der Waals surface area (Å²) >= 11 is 3.08. The van der Waals surface area contributed by atoms with Gasteiger partial charge in [-0.15, -0.1) is 0 Å². The van der Waals surface area contributed by atoms with Crippen molar-refractivity contribution in [1.29, 1.82) is 5.26 Å². The molecule has 27 heavy (non-hydrogen) atoms. The fraction of sp³-hybridized carbons (Fsp3) is 0.529. The Bertz CT molecular complexity index is 750. The second-order valence-electron chi connectivity index (χ2n) is 6.96. The molecule has 1 amide bonds. The molecule has 0 heterocycles. The van der Waals surface area contributed by atoms with Gasteiger partial charge in [0.2, 0.25) is 11.8 Å². The topological polar surface area (TPSA) is 78.9 Å². The van der Waals surface area contributed by atoms with Crippen LogP contribution in [0.3, 0.4) is 0 Å². The Labute approximate surface area is 161 Å². The summed E-state index contributed by atoms with van der Waals surface area (Å²) in [5.41, 5.74) is 1.01. The van der Waals surface area contributed by atoms with Gasteiger partial charge in [0.05, 0.1) is 6.07 Å². The quantitative estimate of drug-likeness (QED) is 0.638. The lowest BCUT2D eigenvalue weighted by molar-refractivity contribution is -0.178. The smallest absolute Gasteiger partial charge is 0.336 e. The van der Waals surface area contributed by atoms with Gasteiger partial charge in [0, 0.05) is 10.9 Å². The number of rotatable bonds is 6. The Kier molecular flexibility index (Phi) is 5.61. The molecule has 0 saturated heterocycles. The van der Waals surface area contributed by atoms with Gasteiger partial charge >= 0.3 is 6.18 Å². The van der Waals surface area contributed by atoms with Gasteiger partial charge in [-0.3, -0.25) is 4.79 Å². The van der Waals surface area contributed by atoms with Crippen LogP contribution in [0.2, 0.25) is 0 Å². The highest BCUT2D eigenvalue weighted by molar-refractivity contribution is 9.10. The molecule has 0 radical (unpaired) electrons. The number of nitrogens with one attached hydrogen (secondary N) is 1. The fourth-order valence-corrected chi connectivity index (χ4v) is 3.25. The predicted octanol–water partition coefficient (Wildman–Crippen LogP) is 4.01. The van der Waals surface area contributed by atoms with E-state index in [-0.39, 0.29) is 12.8 Å². The average Bonchev–Trinajstić information content (AvgIpc) is 3.26. The Balaban J connectivity index is 2.55. The van der Waals surface area contributed by atoms with Crippen LogP contribution in [0.5, 0.6) is 0 Å². The van der Waals surface area contributed by atoms with E-state index in [0.717, 1.165) is 12.1 Å². The molecule has 0 spiro atoms. The first-order valence-corrected chi connectivity index (χ1v) is 8.74. The molecule has 10 heteroatoms. The zero-order valence-corrected chi connectivity index (χ0v) is 15.8. The lowest BCUT2D eigenvalue weighted by Gasteiger charge is -2.39. The summed E-state index contributed by atoms with van der Waals surface area (Å²) in [6.07, 6.45) is -6.16. The number of amides is 1. The first-order valence-electron chi connectivity index (χ1n) is 7.95. The number of carbonyl (C=O) groups is 1. The standard InChI is InChI=1S/C17H17BrF5N3O/c1-14(19,20)8-16(25,13(27)26-15(9-24)6-7-15)12(17(21,22)23)10-2-4-11(18)5-3-10/h2-5,12H,6-8,25H2,1H3,(H,26,27)/t12-,16+/m0/s1. The fourth-order valence-electron chi connectivity index (χ4n) is 2.98. The lowest BCUT2D eigenvalue weighted by atomic mass is 9.74. The van der Waals surface area contributed by atoms with Crippen molar-refractivity contribution in [2.45, 2.75) is 55.3 Å². The molecule has 3 N–H and O–H groups in total.